The van der Waals surface area contributed by atoms with Crippen LogP contribution in [0.25, 0.3) is 0 Å². The first-order valence-corrected chi connectivity index (χ1v) is 7.75. The normalized spacial score (nSPS) is 20.1. The highest BCUT2D eigenvalue weighted by atomic mass is 35.5. The van der Waals surface area contributed by atoms with Crippen LogP contribution in [0.5, 0.6) is 0 Å². The third-order valence-corrected chi connectivity index (χ3v) is 4.25. The van der Waals surface area contributed by atoms with Crippen LogP contribution in [0.4, 0.5) is 5.69 Å². The van der Waals surface area contributed by atoms with E-state index in [9.17, 15) is 0 Å². The third kappa shape index (κ3) is 3.64. The van der Waals surface area contributed by atoms with E-state index in [2.05, 4.69) is 43.1 Å². The number of piperidine rings is 1. The summed E-state index contributed by atoms with van der Waals surface area (Å²) in [5, 5.41) is 4.36. The summed E-state index contributed by atoms with van der Waals surface area (Å²) in [7, 11) is 0. The van der Waals surface area contributed by atoms with Crippen LogP contribution >= 0.6 is 11.6 Å². The van der Waals surface area contributed by atoms with Gasteiger partial charge in [-0.15, -0.1) is 0 Å². The molecule has 1 unspecified atom stereocenters. The molecule has 106 valence electrons. The largest absolute Gasteiger partial charge is 0.369 e. The van der Waals surface area contributed by atoms with Crippen LogP contribution in [-0.2, 0) is 6.54 Å². The fourth-order valence-corrected chi connectivity index (χ4v) is 2.99. The quantitative estimate of drug-likeness (QED) is 0.888. The van der Waals surface area contributed by atoms with Gasteiger partial charge in [0.25, 0.3) is 0 Å². The van der Waals surface area contributed by atoms with E-state index in [0.717, 1.165) is 18.1 Å². The van der Waals surface area contributed by atoms with Gasteiger partial charge in [-0.3, -0.25) is 0 Å². The summed E-state index contributed by atoms with van der Waals surface area (Å²) in [6.07, 6.45) is 3.91. The van der Waals surface area contributed by atoms with Gasteiger partial charge in [-0.25, -0.2) is 0 Å². The van der Waals surface area contributed by atoms with Crippen LogP contribution in [0.3, 0.4) is 0 Å². The molecule has 1 N–H and O–H groups in total. The molecule has 0 aromatic heterocycles. The van der Waals surface area contributed by atoms with Gasteiger partial charge in [-0.1, -0.05) is 31.5 Å². The maximum absolute atomic E-state index is 6.41. The summed E-state index contributed by atoms with van der Waals surface area (Å²) in [5.41, 5.74) is 2.56. The zero-order valence-corrected chi connectivity index (χ0v) is 13.0. The minimum absolute atomic E-state index is 0.475. The molecule has 19 heavy (non-hydrogen) atoms. The minimum atomic E-state index is 0.475. The third-order valence-electron chi connectivity index (χ3n) is 3.89. The fourth-order valence-electron chi connectivity index (χ4n) is 2.75. The number of anilines is 1. The first-order valence-electron chi connectivity index (χ1n) is 7.37. The average Bonchev–Trinajstić information content (AvgIpc) is 2.37. The molecule has 0 saturated carbocycles. The van der Waals surface area contributed by atoms with E-state index >= 15 is 0 Å². The second-order valence-corrected chi connectivity index (χ2v) is 6.22. The maximum Gasteiger partial charge on any atom is 0.0471 e. The van der Waals surface area contributed by atoms with Crippen molar-refractivity contribution in [2.45, 2.75) is 58.7 Å². The summed E-state index contributed by atoms with van der Waals surface area (Å²) in [6.45, 7) is 8.64. The molecule has 2 rings (SSSR count). The summed E-state index contributed by atoms with van der Waals surface area (Å²) in [6, 6.07) is 7.37. The van der Waals surface area contributed by atoms with E-state index in [1.54, 1.807) is 0 Å². The Labute approximate surface area is 122 Å². The number of rotatable bonds is 4. The molecule has 3 heteroatoms. The lowest BCUT2D eigenvalue weighted by Crippen LogP contribution is -2.38. The summed E-state index contributed by atoms with van der Waals surface area (Å²) in [5.74, 6) is 0. The van der Waals surface area contributed by atoms with Gasteiger partial charge < -0.3 is 10.2 Å². The molecule has 2 nitrogen and oxygen atoms in total. The van der Waals surface area contributed by atoms with E-state index in [1.807, 2.05) is 6.07 Å². The average molecular weight is 281 g/mol. The molecule has 1 atom stereocenters. The first-order chi connectivity index (χ1) is 9.09. The molecule has 1 aromatic rings. The van der Waals surface area contributed by atoms with Crippen LogP contribution in [-0.4, -0.2) is 18.6 Å². The Hall–Kier alpha value is -0.730. The van der Waals surface area contributed by atoms with Crippen molar-refractivity contribution in [1.82, 2.24) is 5.32 Å². The molecule has 1 aromatic carbocycles. The SMILES string of the molecule is CC(C)NCc1c(Cl)cccc1N1CCCCC1C. The van der Waals surface area contributed by atoms with Crippen molar-refractivity contribution in [3.8, 4) is 0 Å². The Morgan fingerprint density at radius 2 is 2.16 bits per heavy atom. The lowest BCUT2D eigenvalue weighted by molar-refractivity contribution is 0.482. The van der Waals surface area contributed by atoms with Gasteiger partial charge in [0.15, 0.2) is 0 Å². The molecule has 1 fully saturated rings. The van der Waals surface area contributed by atoms with Crippen molar-refractivity contribution >= 4 is 17.3 Å². The molecule has 1 heterocycles. The van der Waals surface area contributed by atoms with Crippen LogP contribution in [0.1, 0.15) is 45.6 Å². The van der Waals surface area contributed by atoms with Gasteiger partial charge in [0.05, 0.1) is 0 Å². The molecule has 0 bridgehead atoms. The maximum atomic E-state index is 6.41. The Morgan fingerprint density at radius 3 is 2.84 bits per heavy atom. The number of nitrogens with one attached hydrogen (secondary N) is 1. The molecular formula is C16H25ClN2. The van der Waals surface area contributed by atoms with E-state index in [4.69, 9.17) is 11.6 Å². The Kier molecular flexibility index (Phi) is 5.12. The van der Waals surface area contributed by atoms with Crippen LogP contribution < -0.4 is 10.2 Å². The Balaban J connectivity index is 2.25. The number of hydrogen-bond acceptors (Lipinski definition) is 2. The van der Waals surface area contributed by atoms with Crippen LogP contribution in [0.2, 0.25) is 5.02 Å². The van der Waals surface area contributed by atoms with Gasteiger partial charge in [0.1, 0.15) is 0 Å². The van der Waals surface area contributed by atoms with Crippen molar-refractivity contribution in [3.63, 3.8) is 0 Å². The number of hydrogen-bond donors (Lipinski definition) is 1. The number of nitrogens with zero attached hydrogens (tertiary/aromatic N) is 1. The monoisotopic (exact) mass is 280 g/mol. The Bertz CT molecular complexity index is 417. The van der Waals surface area contributed by atoms with Crippen molar-refractivity contribution in [2.75, 3.05) is 11.4 Å². The highest BCUT2D eigenvalue weighted by molar-refractivity contribution is 6.31. The predicted octanol–water partition coefficient (Wildman–Crippen LogP) is 4.22. The lowest BCUT2D eigenvalue weighted by atomic mass is 10.0. The standard InChI is InChI=1S/C16H25ClN2/c1-12(2)18-11-14-15(17)8-6-9-16(14)19-10-5-4-7-13(19)3/h6,8-9,12-13,18H,4-5,7,10-11H2,1-3H3. The van der Waals surface area contributed by atoms with Crippen molar-refractivity contribution in [2.24, 2.45) is 0 Å². The zero-order chi connectivity index (χ0) is 13.8. The molecule has 0 aliphatic carbocycles. The first kappa shape index (κ1) is 14.7. The smallest absolute Gasteiger partial charge is 0.0471 e. The van der Waals surface area contributed by atoms with Gasteiger partial charge in [-0.2, -0.15) is 0 Å². The molecule has 0 amide bonds. The van der Waals surface area contributed by atoms with Gasteiger partial charge in [-0.05, 0) is 38.3 Å². The number of benzene rings is 1. The number of halogens is 1. The molecule has 1 aliphatic heterocycles. The summed E-state index contributed by atoms with van der Waals surface area (Å²) >= 11 is 6.41. The topological polar surface area (TPSA) is 15.3 Å². The highest BCUT2D eigenvalue weighted by Crippen LogP contribution is 2.32. The van der Waals surface area contributed by atoms with E-state index in [1.165, 1.54) is 30.5 Å². The highest BCUT2D eigenvalue weighted by Gasteiger charge is 2.21. The molecule has 0 radical (unpaired) electrons. The van der Waals surface area contributed by atoms with Crippen molar-refractivity contribution in [1.29, 1.82) is 0 Å². The fraction of sp³-hybridized carbons (Fsp3) is 0.625. The van der Waals surface area contributed by atoms with E-state index < -0.39 is 0 Å². The van der Waals surface area contributed by atoms with Crippen LogP contribution in [0, 0.1) is 0 Å². The second-order valence-electron chi connectivity index (χ2n) is 5.81. The molecule has 0 spiro atoms. The van der Waals surface area contributed by atoms with Gasteiger partial charge >= 0.3 is 0 Å². The Morgan fingerprint density at radius 1 is 1.37 bits per heavy atom. The zero-order valence-electron chi connectivity index (χ0n) is 12.2. The predicted molar refractivity (Wildman–Crippen MR) is 84.1 cm³/mol. The lowest BCUT2D eigenvalue weighted by Gasteiger charge is -2.37. The summed E-state index contributed by atoms with van der Waals surface area (Å²) in [4.78, 5) is 2.52. The second kappa shape index (κ2) is 6.62. The minimum Gasteiger partial charge on any atom is -0.369 e. The van der Waals surface area contributed by atoms with E-state index in [0.29, 0.717) is 12.1 Å². The van der Waals surface area contributed by atoms with Crippen molar-refractivity contribution in [3.05, 3.63) is 28.8 Å². The molecule has 1 saturated heterocycles. The van der Waals surface area contributed by atoms with Crippen LogP contribution in [0.15, 0.2) is 18.2 Å². The van der Waals surface area contributed by atoms with Gasteiger partial charge in [0.2, 0.25) is 0 Å². The molecule has 1 aliphatic rings. The van der Waals surface area contributed by atoms with Gasteiger partial charge in [0, 0.05) is 41.4 Å². The van der Waals surface area contributed by atoms with E-state index in [-0.39, 0.29) is 0 Å². The summed E-state index contributed by atoms with van der Waals surface area (Å²) < 4.78 is 0. The molecular weight excluding hydrogens is 256 g/mol. The van der Waals surface area contributed by atoms with Crippen molar-refractivity contribution < 1.29 is 0 Å².